The molecule has 0 radical (unpaired) electrons. The van der Waals surface area contributed by atoms with E-state index in [1.807, 2.05) is 42.3 Å². The quantitative estimate of drug-likeness (QED) is 0.929. The number of methoxy groups -OCH3 is 1. The molecule has 2 heterocycles. The van der Waals surface area contributed by atoms with Crippen molar-refractivity contribution in [3.8, 4) is 17.1 Å². The number of urea groups is 1. The Kier molecular flexibility index (Phi) is 5.16. The fourth-order valence-corrected chi connectivity index (χ4v) is 2.77. The SMILES string of the molecule is CCC(C)NC(=O)N1CCc2nc(-c3ccc(OC)cc3)ncc2C1. The van der Waals surface area contributed by atoms with E-state index in [-0.39, 0.29) is 12.1 Å². The Labute approximate surface area is 148 Å². The largest absolute Gasteiger partial charge is 0.497 e. The predicted molar refractivity (Wildman–Crippen MR) is 96.4 cm³/mol. The Morgan fingerprint density at radius 1 is 1.36 bits per heavy atom. The fraction of sp³-hybridized carbons (Fsp3) is 0.421. The van der Waals surface area contributed by atoms with Crippen LogP contribution in [0.1, 0.15) is 31.5 Å². The first kappa shape index (κ1) is 17.2. The fourth-order valence-electron chi connectivity index (χ4n) is 2.77. The highest BCUT2D eigenvalue weighted by Gasteiger charge is 2.23. The van der Waals surface area contributed by atoms with Gasteiger partial charge in [0.1, 0.15) is 5.75 Å². The summed E-state index contributed by atoms with van der Waals surface area (Å²) in [5.41, 5.74) is 3.00. The maximum absolute atomic E-state index is 12.3. The lowest BCUT2D eigenvalue weighted by molar-refractivity contribution is 0.188. The van der Waals surface area contributed by atoms with Crippen molar-refractivity contribution in [1.82, 2.24) is 20.2 Å². The third-order valence-electron chi connectivity index (χ3n) is 4.55. The van der Waals surface area contributed by atoms with Crippen molar-refractivity contribution in [2.24, 2.45) is 0 Å². The van der Waals surface area contributed by atoms with Crippen molar-refractivity contribution in [2.75, 3.05) is 13.7 Å². The van der Waals surface area contributed by atoms with Gasteiger partial charge in [0.05, 0.1) is 19.3 Å². The van der Waals surface area contributed by atoms with Gasteiger partial charge in [-0.15, -0.1) is 0 Å². The average molecular weight is 340 g/mol. The molecule has 1 aliphatic rings. The molecule has 0 bridgehead atoms. The van der Waals surface area contributed by atoms with E-state index in [1.165, 1.54) is 0 Å². The molecule has 6 nitrogen and oxygen atoms in total. The molecule has 0 spiro atoms. The molecule has 1 aliphatic heterocycles. The van der Waals surface area contributed by atoms with Crippen LogP contribution in [0.5, 0.6) is 5.75 Å². The van der Waals surface area contributed by atoms with Gasteiger partial charge in [-0.3, -0.25) is 0 Å². The summed E-state index contributed by atoms with van der Waals surface area (Å²) >= 11 is 0. The summed E-state index contributed by atoms with van der Waals surface area (Å²) in [4.78, 5) is 23.3. The first-order valence-electron chi connectivity index (χ1n) is 8.65. The van der Waals surface area contributed by atoms with Crippen LogP contribution >= 0.6 is 0 Å². The van der Waals surface area contributed by atoms with Gasteiger partial charge in [-0.05, 0) is 37.6 Å². The summed E-state index contributed by atoms with van der Waals surface area (Å²) in [6.07, 6.45) is 3.50. The lowest BCUT2D eigenvalue weighted by Gasteiger charge is -2.29. The number of fused-ring (bicyclic) bond motifs is 1. The number of nitrogens with one attached hydrogen (secondary N) is 1. The number of amides is 2. The molecule has 0 aliphatic carbocycles. The van der Waals surface area contributed by atoms with Gasteiger partial charge in [0.15, 0.2) is 5.82 Å². The van der Waals surface area contributed by atoms with Crippen LogP contribution in [0.4, 0.5) is 4.79 Å². The molecule has 2 amide bonds. The molecule has 0 fully saturated rings. The molecular weight excluding hydrogens is 316 g/mol. The summed E-state index contributed by atoms with van der Waals surface area (Å²) in [5.74, 6) is 1.52. The van der Waals surface area contributed by atoms with E-state index >= 15 is 0 Å². The van der Waals surface area contributed by atoms with Crippen LogP contribution in [-0.2, 0) is 13.0 Å². The lowest BCUT2D eigenvalue weighted by atomic mass is 10.1. The number of carbonyl (C=O) groups excluding carboxylic acids is 1. The number of hydrogen-bond donors (Lipinski definition) is 1. The number of benzene rings is 1. The molecule has 1 aromatic heterocycles. The standard InChI is InChI=1S/C19H24N4O2/c1-4-13(2)21-19(24)23-10-9-17-15(12-23)11-20-18(22-17)14-5-7-16(25-3)8-6-14/h5-8,11,13H,4,9-10,12H2,1-3H3,(H,21,24). The molecule has 3 rings (SSSR count). The first-order valence-corrected chi connectivity index (χ1v) is 8.65. The lowest BCUT2D eigenvalue weighted by Crippen LogP contribution is -2.45. The van der Waals surface area contributed by atoms with Crippen LogP contribution in [0.25, 0.3) is 11.4 Å². The maximum Gasteiger partial charge on any atom is 0.317 e. The van der Waals surface area contributed by atoms with E-state index in [2.05, 4.69) is 17.2 Å². The van der Waals surface area contributed by atoms with Gasteiger partial charge in [0, 0.05) is 36.3 Å². The highest BCUT2D eigenvalue weighted by molar-refractivity contribution is 5.74. The third kappa shape index (κ3) is 3.90. The van der Waals surface area contributed by atoms with E-state index in [0.29, 0.717) is 18.9 Å². The minimum Gasteiger partial charge on any atom is -0.497 e. The Morgan fingerprint density at radius 2 is 2.12 bits per heavy atom. The van der Waals surface area contributed by atoms with Gasteiger partial charge in [0.25, 0.3) is 0 Å². The molecule has 1 aromatic carbocycles. The van der Waals surface area contributed by atoms with Crippen LogP contribution in [-0.4, -0.2) is 40.6 Å². The normalized spacial score (nSPS) is 14.6. The highest BCUT2D eigenvalue weighted by atomic mass is 16.5. The molecule has 2 aromatic rings. The molecule has 1 unspecified atom stereocenters. The second kappa shape index (κ2) is 7.51. The van der Waals surface area contributed by atoms with Crippen molar-refractivity contribution >= 4 is 6.03 Å². The zero-order valence-corrected chi connectivity index (χ0v) is 15.0. The molecule has 0 saturated carbocycles. The Balaban J connectivity index is 1.73. The van der Waals surface area contributed by atoms with Gasteiger partial charge in [-0.1, -0.05) is 6.92 Å². The van der Waals surface area contributed by atoms with E-state index in [4.69, 9.17) is 9.72 Å². The summed E-state index contributed by atoms with van der Waals surface area (Å²) in [6.45, 7) is 5.31. The van der Waals surface area contributed by atoms with Crippen LogP contribution in [0.3, 0.4) is 0 Å². The minimum absolute atomic E-state index is 0.0146. The molecule has 132 valence electrons. The predicted octanol–water partition coefficient (Wildman–Crippen LogP) is 3.02. The van der Waals surface area contributed by atoms with Crippen molar-refractivity contribution in [2.45, 2.75) is 39.3 Å². The van der Waals surface area contributed by atoms with Gasteiger partial charge >= 0.3 is 6.03 Å². The number of rotatable bonds is 4. The summed E-state index contributed by atoms with van der Waals surface area (Å²) < 4.78 is 5.18. The van der Waals surface area contributed by atoms with Gasteiger partial charge in [-0.2, -0.15) is 0 Å². The zero-order chi connectivity index (χ0) is 17.8. The van der Waals surface area contributed by atoms with Gasteiger partial charge in [-0.25, -0.2) is 14.8 Å². The van der Waals surface area contributed by atoms with Gasteiger partial charge < -0.3 is 15.0 Å². The highest BCUT2D eigenvalue weighted by Crippen LogP contribution is 2.23. The average Bonchev–Trinajstić information content (AvgIpc) is 2.67. The van der Waals surface area contributed by atoms with Crippen LogP contribution in [0.2, 0.25) is 0 Å². The molecule has 1 N–H and O–H groups in total. The molecule has 0 saturated heterocycles. The maximum atomic E-state index is 12.3. The number of nitrogens with zero attached hydrogens (tertiary/aromatic N) is 3. The number of ether oxygens (including phenoxy) is 1. The summed E-state index contributed by atoms with van der Waals surface area (Å²) in [6, 6.07) is 7.88. The monoisotopic (exact) mass is 340 g/mol. The van der Waals surface area contributed by atoms with Crippen LogP contribution in [0.15, 0.2) is 30.5 Å². The Hall–Kier alpha value is -2.63. The van der Waals surface area contributed by atoms with Gasteiger partial charge in [0.2, 0.25) is 0 Å². The summed E-state index contributed by atoms with van der Waals surface area (Å²) in [7, 11) is 1.65. The van der Waals surface area contributed by atoms with Crippen molar-refractivity contribution in [3.63, 3.8) is 0 Å². The van der Waals surface area contributed by atoms with E-state index in [0.717, 1.165) is 35.4 Å². The number of hydrogen-bond acceptors (Lipinski definition) is 4. The molecule has 1 atom stereocenters. The Morgan fingerprint density at radius 3 is 2.80 bits per heavy atom. The second-order valence-corrected chi connectivity index (χ2v) is 6.32. The minimum atomic E-state index is -0.0146. The molecule has 6 heteroatoms. The smallest absolute Gasteiger partial charge is 0.317 e. The van der Waals surface area contributed by atoms with Crippen molar-refractivity contribution < 1.29 is 9.53 Å². The van der Waals surface area contributed by atoms with E-state index in [1.54, 1.807) is 7.11 Å². The first-order chi connectivity index (χ1) is 12.1. The van der Waals surface area contributed by atoms with E-state index < -0.39 is 0 Å². The third-order valence-corrected chi connectivity index (χ3v) is 4.55. The van der Waals surface area contributed by atoms with Crippen molar-refractivity contribution in [3.05, 3.63) is 41.7 Å². The number of aromatic nitrogens is 2. The number of carbonyl (C=O) groups is 1. The second-order valence-electron chi connectivity index (χ2n) is 6.32. The van der Waals surface area contributed by atoms with E-state index in [9.17, 15) is 4.79 Å². The zero-order valence-electron chi connectivity index (χ0n) is 15.0. The molecular formula is C19H24N4O2. The summed E-state index contributed by atoms with van der Waals surface area (Å²) in [5, 5.41) is 3.01. The van der Waals surface area contributed by atoms with Crippen molar-refractivity contribution in [1.29, 1.82) is 0 Å². The van der Waals surface area contributed by atoms with Crippen LogP contribution in [0, 0.1) is 0 Å². The van der Waals surface area contributed by atoms with Crippen LogP contribution < -0.4 is 10.1 Å². The topological polar surface area (TPSA) is 67.4 Å². The molecule has 25 heavy (non-hydrogen) atoms. The Bertz CT molecular complexity index is 746.